The summed E-state index contributed by atoms with van der Waals surface area (Å²) in [5, 5.41) is 10.5. The molecule has 6 nitrogen and oxygen atoms in total. The van der Waals surface area contributed by atoms with Crippen molar-refractivity contribution in [1.29, 1.82) is 0 Å². The van der Waals surface area contributed by atoms with Gasteiger partial charge < -0.3 is 5.73 Å². The third kappa shape index (κ3) is 3.52. The van der Waals surface area contributed by atoms with Crippen LogP contribution in [0, 0.1) is 5.82 Å². The maximum atomic E-state index is 13.0. The van der Waals surface area contributed by atoms with Crippen molar-refractivity contribution in [3.63, 3.8) is 0 Å². The molecular weight excluding hydrogens is 345 g/mol. The van der Waals surface area contributed by atoms with Gasteiger partial charge in [0.05, 0.1) is 5.69 Å². The first-order chi connectivity index (χ1) is 11.1. The number of nitrogens with zero attached hydrogens (tertiary/aromatic N) is 5. The average molecular weight is 357 g/mol. The van der Waals surface area contributed by atoms with Crippen LogP contribution in [0.4, 0.5) is 13.2 Å². The number of hydrogen-bond donors (Lipinski definition) is 1. The van der Waals surface area contributed by atoms with E-state index in [2.05, 4.69) is 20.4 Å². The summed E-state index contributed by atoms with van der Waals surface area (Å²) in [5.74, 6) is -0.413. The molecule has 0 radical (unpaired) electrons. The predicted molar refractivity (Wildman–Crippen MR) is 82.8 cm³/mol. The molecule has 0 saturated carbocycles. The van der Waals surface area contributed by atoms with Crippen LogP contribution >= 0.6 is 12.4 Å². The molecule has 2 N–H and O–H groups in total. The minimum Gasteiger partial charge on any atom is -0.326 e. The molecule has 3 aromatic rings. The molecule has 0 fully saturated rings. The van der Waals surface area contributed by atoms with Gasteiger partial charge in [0.15, 0.2) is 0 Å². The first kappa shape index (κ1) is 17.8. The number of tetrazole rings is 1. The van der Waals surface area contributed by atoms with Gasteiger partial charge in [-0.15, -0.1) is 22.6 Å². The maximum Gasteiger partial charge on any atom is 0.350 e. The number of halogens is 4. The highest BCUT2D eigenvalue weighted by molar-refractivity contribution is 5.85. The second kappa shape index (κ2) is 7.37. The lowest BCUT2D eigenvalue weighted by atomic mass is 10.1. The number of rotatable bonds is 4. The Morgan fingerprint density at radius 1 is 1.08 bits per heavy atom. The first-order valence-corrected chi connectivity index (χ1v) is 6.62. The molecule has 24 heavy (non-hydrogen) atoms. The third-order valence-corrected chi connectivity index (χ3v) is 3.15. The van der Waals surface area contributed by atoms with Gasteiger partial charge in [0.2, 0.25) is 5.82 Å². The Hall–Kier alpha value is -2.52. The van der Waals surface area contributed by atoms with E-state index in [1.54, 1.807) is 24.3 Å². The molecule has 0 unspecified atom stereocenters. The minimum atomic E-state index is -2.89. The Balaban J connectivity index is 0.00000208. The van der Waals surface area contributed by atoms with Gasteiger partial charge in [-0.25, -0.2) is 9.37 Å². The molecule has 0 saturated heterocycles. The Kier molecular flexibility index (Phi) is 5.47. The number of alkyl halides is 2. The summed E-state index contributed by atoms with van der Waals surface area (Å²) in [4.78, 5) is 4.56. The van der Waals surface area contributed by atoms with Gasteiger partial charge in [-0.3, -0.25) is 0 Å². The monoisotopic (exact) mass is 356 g/mol. The summed E-state index contributed by atoms with van der Waals surface area (Å²) in [5.41, 5.74) is 7.68. The summed E-state index contributed by atoms with van der Waals surface area (Å²) in [6.45, 7) is -2.76. The van der Waals surface area contributed by atoms with Crippen LogP contribution in [0.5, 0.6) is 0 Å². The number of benzene rings is 1. The van der Waals surface area contributed by atoms with Gasteiger partial charge in [-0.05, 0) is 41.1 Å². The summed E-state index contributed by atoms with van der Waals surface area (Å²) in [6, 6.07) is 9.14. The fraction of sp³-hybridized carbons (Fsp3) is 0.143. The molecule has 3 rings (SSSR count). The fourth-order valence-corrected chi connectivity index (χ4v) is 2.03. The van der Waals surface area contributed by atoms with Crippen molar-refractivity contribution in [2.45, 2.75) is 13.1 Å². The molecule has 0 bridgehead atoms. The van der Waals surface area contributed by atoms with E-state index < -0.39 is 6.55 Å². The zero-order valence-electron chi connectivity index (χ0n) is 12.1. The second-order valence-corrected chi connectivity index (χ2v) is 4.63. The lowest BCUT2D eigenvalue weighted by Gasteiger charge is -2.07. The molecule has 0 aliphatic rings. The van der Waals surface area contributed by atoms with Gasteiger partial charge in [0.1, 0.15) is 11.5 Å². The topological polar surface area (TPSA) is 82.5 Å². The lowest BCUT2D eigenvalue weighted by molar-refractivity contribution is 0.0397. The highest BCUT2D eigenvalue weighted by atomic mass is 35.5. The number of pyridine rings is 1. The van der Waals surface area contributed by atoms with Crippen LogP contribution in [0.3, 0.4) is 0 Å². The van der Waals surface area contributed by atoms with E-state index in [0.717, 1.165) is 0 Å². The lowest BCUT2D eigenvalue weighted by Crippen LogP contribution is -2.04. The number of nitrogens with two attached hydrogens (primary N) is 1. The SMILES string of the molecule is Cl.NCc1ccc(-c2ccc(F)cc2)nc1-c1nnn(C(F)F)n1. The van der Waals surface area contributed by atoms with Crippen LogP contribution in [0.2, 0.25) is 0 Å². The van der Waals surface area contributed by atoms with E-state index in [-0.39, 0.29) is 41.1 Å². The van der Waals surface area contributed by atoms with Gasteiger partial charge in [-0.2, -0.15) is 8.78 Å². The average Bonchev–Trinajstić information content (AvgIpc) is 3.05. The molecule has 2 aromatic heterocycles. The van der Waals surface area contributed by atoms with E-state index in [1.165, 1.54) is 12.1 Å². The van der Waals surface area contributed by atoms with Gasteiger partial charge in [0.25, 0.3) is 0 Å². The minimum absolute atomic E-state index is 0. The summed E-state index contributed by atoms with van der Waals surface area (Å²) in [6.07, 6.45) is 0. The van der Waals surface area contributed by atoms with Gasteiger partial charge in [0, 0.05) is 12.1 Å². The largest absolute Gasteiger partial charge is 0.350 e. The van der Waals surface area contributed by atoms with Crippen molar-refractivity contribution < 1.29 is 13.2 Å². The Morgan fingerprint density at radius 2 is 1.79 bits per heavy atom. The maximum absolute atomic E-state index is 13.0. The number of hydrogen-bond acceptors (Lipinski definition) is 5. The predicted octanol–water partition coefficient (Wildman–Crippen LogP) is 2.82. The van der Waals surface area contributed by atoms with E-state index in [9.17, 15) is 13.2 Å². The van der Waals surface area contributed by atoms with E-state index in [4.69, 9.17) is 5.73 Å². The van der Waals surface area contributed by atoms with E-state index >= 15 is 0 Å². The normalized spacial score (nSPS) is 10.7. The molecule has 1 aromatic carbocycles. The quantitative estimate of drug-likeness (QED) is 0.777. The van der Waals surface area contributed by atoms with Crippen molar-refractivity contribution in [1.82, 2.24) is 25.2 Å². The summed E-state index contributed by atoms with van der Waals surface area (Å²) >= 11 is 0. The Bertz CT molecular complexity index is 822. The molecule has 10 heteroatoms. The van der Waals surface area contributed by atoms with Gasteiger partial charge >= 0.3 is 6.55 Å². The van der Waals surface area contributed by atoms with Crippen LogP contribution in [0.25, 0.3) is 22.8 Å². The zero-order chi connectivity index (χ0) is 16.4. The molecule has 126 valence electrons. The molecule has 0 aliphatic heterocycles. The second-order valence-electron chi connectivity index (χ2n) is 4.63. The van der Waals surface area contributed by atoms with Crippen LogP contribution < -0.4 is 5.73 Å². The molecule has 0 spiro atoms. The molecule has 0 amide bonds. The van der Waals surface area contributed by atoms with Crippen molar-refractivity contribution in [3.05, 3.63) is 47.8 Å². The highest BCUT2D eigenvalue weighted by Crippen LogP contribution is 2.24. The molecule has 0 aliphatic carbocycles. The Labute approximate surface area is 140 Å². The zero-order valence-corrected chi connectivity index (χ0v) is 12.9. The van der Waals surface area contributed by atoms with Crippen molar-refractivity contribution in [2.75, 3.05) is 0 Å². The fourth-order valence-electron chi connectivity index (χ4n) is 2.03. The molecular formula is C14H12ClF3N6. The summed E-state index contributed by atoms with van der Waals surface area (Å²) < 4.78 is 38.2. The van der Waals surface area contributed by atoms with Crippen LogP contribution in [-0.4, -0.2) is 25.2 Å². The first-order valence-electron chi connectivity index (χ1n) is 6.62. The van der Waals surface area contributed by atoms with Crippen molar-refractivity contribution >= 4 is 12.4 Å². The third-order valence-electron chi connectivity index (χ3n) is 3.15. The van der Waals surface area contributed by atoms with E-state index in [1.807, 2.05) is 0 Å². The van der Waals surface area contributed by atoms with Crippen LogP contribution in [0.15, 0.2) is 36.4 Å². The molecule has 0 atom stereocenters. The van der Waals surface area contributed by atoms with Gasteiger partial charge in [-0.1, -0.05) is 10.9 Å². The standard InChI is InChI=1S/C14H11F3N6.ClH/c15-10-4-1-8(2-5-10)11-6-3-9(7-18)12(19-11)13-20-22-23(21-13)14(16)17;/h1-6,14H,7,18H2;1H. The van der Waals surface area contributed by atoms with Crippen molar-refractivity contribution in [2.24, 2.45) is 5.73 Å². The van der Waals surface area contributed by atoms with Crippen LogP contribution in [0.1, 0.15) is 12.1 Å². The Morgan fingerprint density at radius 3 is 2.38 bits per heavy atom. The number of aromatic nitrogens is 5. The molecule has 2 heterocycles. The summed E-state index contributed by atoms with van der Waals surface area (Å²) in [7, 11) is 0. The van der Waals surface area contributed by atoms with Crippen molar-refractivity contribution in [3.8, 4) is 22.8 Å². The van der Waals surface area contributed by atoms with E-state index in [0.29, 0.717) is 16.8 Å². The van der Waals surface area contributed by atoms with Crippen LogP contribution in [-0.2, 0) is 6.54 Å². The smallest absolute Gasteiger partial charge is 0.326 e. The highest BCUT2D eigenvalue weighted by Gasteiger charge is 2.17.